The Morgan fingerprint density at radius 1 is 1.07 bits per heavy atom. The number of nitrogens with zero attached hydrogens (tertiary/aromatic N) is 3. The second-order valence-corrected chi connectivity index (χ2v) is 8.04. The van der Waals surface area contributed by atoms with Gasteiger partial charge in [-0.1, -0.05) is 6.92 Å². The van der Waals surface area contributed by atoms with Gasteiger partial charge in [0.25, 0.3) is 7.59 Å². The molecule has 0 saturated carbocycles. The van der Waals surface area contributed by atoms with Crippen LogP contribution in [-0.2, 0) is 4.57 Å². The van der Waals surface area contributed by atoms with Crippen LogP contribution in [-0.4, -0.2) is 55.3 Å². The Balaban J connectivity index is 2.78. The van der Waals surface area contributed by atoms with Gasteiger partial charge < -0.3 is 0 Å². The number of rotatable bonds is 3. The highest BCUT2D eigenvalue weighted by Gasteiger charge is 2.37. The molecule has 0 atom stereocenters. The monoisotopic (exact) mass is 233 g/mol. The lowest BCUT2D eigenvalue weighted by atomic mass is 10.0. The second-order valence-electron chi connectivity index (χ2n) is 4.84. The summed E-state index contributed by atoms with van der Waals surface area (Å²) in [4.78, 5) is 0. The molecule has 4 nitrogen and oxygen atoms in total. The Hall–Kier alpha value is 0.110. The van der Waals surface area contributed by atoms with Crippen molar-refractivity contribution in [2.24, 2.45) is 5.92 Å². The maximum absolute atomic E-state index is 12.9. The molecule has 1 fully saturated rings. The van der Waals surface area contributed by atoms with E-state index in [0.29, 0.717) is 0 Å². The molecule has 1 rings (SSSR count). The van der Waals surface area contributed by atoms with Crippen LogP contribution >= 0.6 is 7.59 Å². The minimum absolute atomic E-state index is 0.777. The fraction of sp³-hybridized carbons (Fsp3) is 1.00. The van der Waals surface area contributed by atoms with E-state index in [1.807, 2.05) is 37.5 Å². The fourth-order valence-electron chi connectivity index (χ4n) is 2.12. The summed E-state index contributed by atoms with van der Waals surface area (Å²) >= 11 is 0. The molecule has 0 aromatic heterocycles. The van der Waals surface area contributed by atoms with Crippen molar-refractivity contribution < 1.29 is 4.57 Å². The molecule has 0 aromatic rings. The molecule has 1 aliphatic rings. The van der Waals surface area contributed by atoms with Crippen LogP contribution in [0.2, 0.25) is 0 Å². The summed E-state index contributed by atoms with van der Waals surface area (Å²) in [6.45, 7) is 4.18. The second kappa shape index (κ2) is 4.96. The standard InChI is InChI=1S/C10H24N3OP/c1-10-6-8-13(9-7-10)15(14,11(2)3)12(4)5/h10H,6-9H2,1-5H3. The summed E-state index contributed by atoms with van der Waals surface area (Å²) in [5.41, 5.74) is 0. The van der Waals surface area contributed by atoms with Gasteiger partial charge in [0.05, 0.1) is 0 Å². The van der Waals surface area contributed by atoms with Gasteiger partial charge in [-0.3, -0.25) is 4.57 Å². The molecule has 1 saturated heterocycles. The molecular formula is C10H24N3OP. The van der Waals surface area contributed by atoms with Crippen LogP contribution in [0.4, 0.5) is 0 Å². The first-order valence-corrected chi connectivity index (χ1v) is 7.16. The SMILES string of the molecule is CC1CCN(P(=O)(N(C)C)N(C)C)CC1. The van der Waals surface area contributed by atoms with Crippen LogP contribution in [0, 0.1) is 5.92 Å². The van der Waals surface area contributed by atoms with E-state index >= 15 is 0 Å². The Bertz CT molecular complexity index is 235. The summed E-state index contributed by atoms with van der Waals surface area (Å²) in [7, 11) is 5.14. The molecule has 1 aliphatic heterocycles. The Morgan fingerprint density at radius 2 is 1.47 bits per heavy atom. The van der Waals surface area contributed by atoms with Crippen LogP contribution < -0.4 is 0 Å². The van der Waals surface area contributed by atoms with Gasteiger partial charge in [0.15, 0.2) is 0 Å². The van der Waals surface area contributed by atoms with Gasteiger partial charge in [0, 0.05) is 13.1 Å². The van der Waals surface area contributed by atoms with Crippen molar-refractivity contribution in [1.82, 2.24) is 14.0 Å². The van der Waals surface area contributed by atoms with Crippen molar-refractivity contribution in [2.45, 2.75) is 19.8 Å². The van der Waals surface area contributed by atoms with Crippen LogP contribution in [0.5, 0.6) is 0 Å². The minimum Gasteiger partial charge on any atom is -0.270 e. The van der Waals surface area contributed by atoms with E-state index < -0.39 is 7.59 Å². The van der Waals surface area contributed by atoms with Crippen LogP contribution in [0.15, 0.2) is 0 Å². The average molecular weight is 233 g/mol. The van der Waals surface area contributed by atoms with Gasteiger partial charge in [-0.05, 0) is 47.0 Å². The molecule has 0 aromatic carbocycles. The smallest absolute Gasteiger partial charge is 0.270 e. The Morgan fingerprint density at radius 3 is 1.80 bits per heavy atom. The molecule has 0 spiro atoms. The van der Waals surface area contributed by atoms with Gasteiger partial charge in [0.1, 0.15) is 0 Å². The Kier molecular flexibility index (Phi) is 4.36. The summed E-state index contributed by atoms with van der Waals surface area (Å²) in [6, 6.07) is 0. The van der Waals surface area contributed by atoms with E-state index in [1.54, 1.807) is 0 Å². The van der Waals surface area contributed by atoms with Crippen molar-refractivity contribution in [3.63, 3.8) is 0 Å². The third-order valence-electron chi connectivity index (χ3n) is 3.17. The molecule has 5 heteroatoms. The minimum atomic E-state index is -2.47. The maximum atomic E-state index is 12.9. The summed E-state index contributed by atoms with van der Waals surface area (Å²) < 4.78 is 18.7. The maximum Gasteiger partial charge on any atom is 0.285 e. The van der Waals surface area contributed by atoms with Crippen molar-refractivity contribution >= 4 is 7.59 Å². The fourth-order valence-corrected chi connectivity index (χ4v) is 4.60. The summed E-state index contributed by atoms with van der Waals surface area (Å²) in [5, 5.41) is 0. The summed E-state index contributed by atoms with van der Waals surface area (Å²) in [5.74, 6) is 0.777. The molecule has 90 valence electrons. The van der Waals surface area contributed by atoms with E-state index in [0.717, 1.165) is 31.8 Å². The van der Waals surface area contributed by atoms with Crippen molar-refractivity contribution in [3.05, 3.63) is 0 Å². The lowest BCUT2D eigenvalue weighted by molar-refractivity contribution is 0.252. The predicted octanol–water partition coefficient (Wildman–Crippen LogP) is 1.95. The highest BCUT2D eigenvalue weighted by Crippen LogP contribution is 2.54. The van der Waals surface area contributed by atoms with Gasteiger partial charge in [0.2, 0.25) is 0 Å². The lowest BCUT2D eigenvalue weighted by Gasteiger charge is -2.42. The zero-order valence-corrected chi connectivity index (χ0v) is 11.5. The molecule has 15 heavy (non-hydrogen) atoms. The van der Waals surface area contributed by atoms with Gasteiger partial charge in [-0.25, -0.2) is 14.0 Å². The molecule has 0 N–H and O–H groups in total. The van der Waals surface area contributed by atoms with Crippen LogP contribution in [0.25, 0.3) is 0 Å². The molecule has 0 amide bonds. The first kappa shape index (κ1) is 13.2. The van der Waals surface area contributed by atoms with E-state index in [1.165, 1.54) is 0 Å². The average Bonchev–Trinajstić information content (AvgIpc) is 2.17. The van der Waals surface area contributed by atoms with Gasteiger partial charge >= 0.3 is 0 Å². The van der Waals surface area contributed by atoms with Crippen molar-refractivity contribution in [2.75, 3.05) is 41.3 Å². The van der Waals surface area contributed by atoms with E-state index in [4.69, 9.17) is 0 Å². The van der Waals surface area contributed by atoms with E-state index in [2.05, 4.69) is 11.6 Å². The topological polar surface area (TPSA) is 26.8 Å². The molecule has 1 heterocycles. The molecular weight excluding hydrogens is 209 g/mol. The van der Waals surface area contributed by atoms with Crippen LogP contribution in [0.3, 0.4) is 0 Å². The van der Waals surface area contributed by atoms with Gasteiger partial charge in [-0.2, -0.15) is 0 Å². The number of hydrogen-bond acceptors (Lipinski definition) is 1. The quantitative estimate of drug-likeness (QED) is 0.696. The lowest BCUT2D eigenvalue weighted by Crippen LogP contribution is -2.39. The number of piperidine rings is 1. The van der Waals surface area contributed by atoms with Crippen LogP contribution in [0.1, 0.15) is 19.8 Å². The summed E-state index contributed by atoms with van der Waals surface area (Å²) in [6.07, 6.45) is 2.32. The molecule has 0 bridgehead atoms. The third kappa shape index (κ3) is 2.62. The first-order chi connectivity index (χ1) is 6.89. The zero-order chi connectivity index (χ0) is 11.6. The highest BCUT2D eigenvalue weighted by molar-refractivity contribution is 7.56. The normalized spacial score (nSPS) is 21.5. The van der Waals surface area contributed by atoms with Gasteiger partial charge in [-0.15, -0.1) is 0 Å². The largest absolute Gasteiger partial charge is 0.285 e. The number of hydrogen-bond donors (Lipinski definition) is 0. The Labute approximate surface area is 93.8 Å². The highest BCUT2D eigenvalue weighted by atomic mass is 31.2. The van der Waals surface area contributed by atoms with E-state index in [-0.39, 0.29) is 0 Å². The molecule has 0 aliphatic carbocycles. The third-order valence-corrected chi connectivity index (χ3v) is 6.39. The zero-order valence-electron chi connectivity index (χ0n) is 10.6. The van der Waals surface area contributed by atoms with E-state index in [9.17, 15) is 4.57 Å². The van der Waals surface area contributed by atoms with Crippen molar-refractivity contribution in [1.29, 1.82) is 0 Å². The van der Waals surface area contributed by atoms with Crippen molar-refractivity contribution in [3.8, 4) is 0 Å². The first-order valence-electron chi connectivity index (χ1n) is 5.60. The predicted molar refractivity (Wildman–Crippen MR) is 65.0 cm³/mol. The molecule has 0 radical (unpaired) electrons. The molecule has 0 unspecified atom stereocenters.